The van der Waals surface area contributed by atoms with Crippen molar-refractivity contribution in [3.63, 3.8) is 0 Å². The minimum Gasteiger partial charge on any atom is -0.339 e. The Morgan fingerprint density at radius 1 is 1.21 bits per heavy atom. The van der Waals surface area contributed by atoms with Gasteiger partial charge in [-0.05, 0) is 26.7 Å². The van der Waals surface area contributed by atoms with E-state index in [0.717, 1.165) is 5.57 Å². The summed E-state index contributed by atoms with van der Waals surface area (Å²) in [5, 5.41) is 0. The van der Waals surface area contributed by atoms with Crippen molar-refractivity contribution in [2.45, 2.75) is 52.0 Å². The molecule has 1 aliphatic carbocycles. The molecule has 0 atom stereocenters. The topological polar surface area (TPSA) is 20.3 Å². The van der Waals surface area contributed by atoms with Crippen LogP contribution in [-0.2, 0) is 4.79 Å². The fourth-order valence-corrected chi connectivity index (χ4v) is 2.00. The van der Waals surface area contributed by atoms with E-state index in [4.69, 9.17) is 0 Å². The molecule has 0 unspecified atom stereocenters. The van der Waals surface area contributed by atoms with Gasteiger partial charge in [-0.15, -0.1) is 0 Å². The van der Waals surface area contributed by atoms with E-state index >= 15 is 0 Å². The van der Waals surface area contributed by atoms with Crippen molar-refractivity contribution in [1.82, 2.24) is 4.90 Å². The Bertz CT molecular complexity index is 222. The highest BCUT2D eigenvalue weighted by atomic mass is 16.2. The molecule has 0 aliphatic heterocycles. The molecule has 0 aromatic heterocycles. The molecular weight excluding hydrogens is 174 g/mol. The molecule has 0 heterocycles. The van der Waals surface area contributed by atoms with E-state index in [1.54, 1.807) is 6.08 Å². The first-order chi connectivity index (χ1) is 6.61. The molecule has 1 amide bonds. The number of hydrogen-bond donors (Lipinski definition) is 0. The van der Waals surface area contributed by atoms with Crippen molar-refractivity contribution in [2.24, 2.45) is 0 Å². The Labute approximate surface area is 87.0 Å². The van der Waals surface area contributed by atoms with Gasteiger partial charge in [0, 0.05) is 19.2 Å². The van der Waals surface area contributed by atoms with Crippen LogP contribution >= 0.6 is 0 Å². The Morgan fingerprint density at radius 2 is 1.79 bits per heavy atom. The molecule has 1 rings (SSSR count). The molecule has 0 aromatic rings. The number of carbonyl (C=O) groups excluding carboxylic acids is 1. The number of likely N-dealkylation sites (N-methyl/N-ethyl adjacent to an activating group) is 1. The maximum Gasteiger partial charge on any atom is 0.246 e. The van der Waals surface area contributed by atoms with Gasteiger partial charge >= 0.3 is 0 Å². The number of rotatable bonds is 2. The molecule has 80 valence electrons. The van der Waals surface area contributed by atoms with Crippen LogP contribution in [0.25, 0.3) is 0 Å². The molecule has 0 spiro atoms. The molecule has 0 radical (unpaired) electrons. The van der Waals surface area contributed by atoms with Gasteiger partial charge in [0.15, 0.2) is 0 Å². The van der Waals surface area contributed by atoms with Crippen LogP contribution in [0.5, 0.6) is 0 Å². The zero-order valence-electron chi connectivity index (χ0n) is 9.55. The van der Waals surface area contributed by atoms with Crippen LogP contribution in [0.15, 0.2) is 11.6 Å². The van der Waals surface area contributed by atoms with Crippen molar-refractivity contribution in [3.05, 3.63) is 11.6 Å². The number of hydrogen-bond acceptors (Lipinski definition) is 1. The Kier molecular flexibility index (Phi) is 4.18. The summed E-state index contributed by atoms with van der Waals surface area (Å²) in [6.07, 6.45) is 7.97. The molecule has 0 aromatic carbocycles. The van der Waals surface area contributed by atoms with Gasteiger partial charge < -0.3 is 4.90 Å². The lowest BCUT2D eigenvalue weighted by atomic mass is 9.94. The number of allylic oxidation sites excluding steroid dienone is 1. The predicted molar refractivity (Wildman–Crippen MR) is 59.1 cm³/mol. The lowest BCUT2D eigenvalue weighted by Gasteiger charge is -2.30. The Balaban J connectivity index is 2.50. The largest absolute Gasteiger partial charge is 0.339 e. The third kappa shape index (κ3) is 3.17. The van der Waals surface area contributed by atoms with E-state index in [0.29, 0.717) is 6.04 Å². The van der Waals surface area contributed by atoms with Crippen molar-refractivity contribution < 1.29 is 4.79 Å². The highest BCUT2D eigenvalue weighted by molar-refractivity contribution is 5.88. The van der Waals surface area contributed by atoms with Crippen LogP contribution in [0.3, 0.4) is 0 Å². The highest BCUT2D eigenvalue weighted by Gasteiger charge is 2.20. The minimum absolute atomic E-state index is 0.164. The Hall–Kier alpha value is -0.790. The number of amides is 1. The van der Waals surface area contributed by atoms with Crippen LogP contribution in [0.2, 0.25) is 0 Å². The fraction of sp³-hybridized carbons (Fsp3) is 0.750. The lowest BCUT2D eigenvalue weighted by Crippen LogP contribution is -2.37. The van der Waals surface area contributed by atoms with Gasteiger partial charge in [0.05, 0.1) is 0 Å². The van der Waals surface area contributed by atoms with Gasteiger partial charge in [0.1, 0.15) is 0 Å². The zero-order chi connectivity index (χ0) is 10.6. The average Bonchev–Trinajstić information content (AvgIpc) is 2.17. The number of nitrogens with zero attached hydrogens (tertiary/aromatic N) is 1. The highest BCUT2D eigenvalue weighted by Crippen LogP contribution is 2.21. The standard InChI is InChI=1S/C12H21NO/c1-10(2)9-12(14)13(3)11-7-5-4-6-8-11/h9,11H,4-8H2,1-3H3. The maximum absolute atomic E-state index is 11.7. The second-order valence-electron chi connectivity index (χ2n) is 4.46. The van der Waals surface area contributed by atoms with Crippen LogP contribution in [0.4, 0.5) is 0 Å². The fourth-order valence-electron chi connectivity index (χ4n) is 2.00. The summed E-state index contributed by atoms with van der Waals surface area (Å²) in [5.41, 5.74) is 1.08. The Morgan fingerprint density at radius 3 is 2.29 bits per heavy atom. The van der Waals surface area contributed by atoms with E-state index in [1.807, 2.05) is 25.8 Å². The van der Waals surface area contributed by atoms with Crippen molar-refractivity contribution in [3.8, 4) is 0 Å². The molecule has 14 heavy (non-hydrogen) atoms. The van der Waals surface area contributed by atoms with Crippen molar-refractivity contribution in [2.75, 3.05) is 7.05 Å². The molecule has 1 aliphatic rings. The van der Waals surface area contributed by atoms with Gasteiger partial charge in [0.2, 0.25) is 5.91 Å². The summed E-state index contributed by atoms with van der Waals surface area (Å²) in [7, 11) is 1.93. The molecule has 0 saturated heterocycles. The third-order valence-electron chi connectivity index (χ3n) is 2.88. The van der Waals surface area contributed by atoms with Crippen LogP contribution in [-0.4, -0.2) is 23.9 Å². The van der Waals surface area contributed by atoms with Gasteiger partial charge in [-0.2, -0.15) is 0 Å². The SMILES string of the molecule is CC(C)=CC(=O)N(C)C1CCCCC1. The molecule has 1 saturated carbocycles. The van der Waals surface area contributed by atoms with E-state index in [9.17, 15) is 4.79 Å². The van der Waals surface area contributed by atoms with Gasteiger partial charge in [0.25, 0.3) is 0 Å². The lowest BCUT2D eigenvalue weighted by molar-refractivity contribution is -0.127. The van der Waals surface area contributed by atoms with Crippen LogP contribution in [0.1, 0.15) is 46.0 Å². The first kappa shape index (κ1) is 11.3. The zero-order valence-corrected chi connectivity index (χ0v) is 9.55. The molecule has 0 N–H and O–H groups in total. The second kappa shape index (κ2) is 5.18. The summed E-state index contributed by atoms with van der Waals surface area (Å²) in [6.45, 7) is 3.93. The summed E-state index contributed by atoms with van der Waals surface area (Å²) in [5.74, 6) is 0.164. The normalized spacial score (nSPS) is 17.6. The molecule has 1 fully saturated rings. The monoisotopic (exact) mass is 195 g/mol. The van der Waals surface area contributed by atoms with Crippen molar-refractivity contribution in [1.29, 1.82) is 0 Å². The third-order valence-corrected chi connectivity index (χ3v) is 2.88. The first-order valence-electron chi connectivity index (χ1n) is 5.53. The summed E-state index contributed by atoms with van der Waals surface area (Å²) >= 11 is 0. The second-order valence-corrected chi connectivity index (χ2v) is 4.46. The van der Waals surface area contributed by atoms with E-state index in [2.05, 4.69) is 0 Å². The summed E-state index contributed by atoms with van der Waals surface area (Å²) in [6, 6.07) is 0.479. The molecular formula is C12H21NO. The smallest absolute Gasteiger partial charge is 0.246 e. The van der Waals surface area contributed by atoms with Gasteiger partial charge in [-0.25, -0.2) is 0 Å². The van der Waals surface area contributed by atoms with Crippen molar-refractivity contribution >= 4 is 5.91 Å². The minimum atomic E-state index is 0.164. The van der Waals surface area contributed by atoms with Gasteiger partial charge in [-0.1, -0.05) is 24.8 Å². The van der Waals surface area contributed by atoms with Gasteiger partial charge in [-0.3, -0.25) is 4.79 Å². The summed E-state index contributed by atoms with van der Waals surface area (Å²) < 4.78 is 0. The molecule has 2 heteroatoms. The quantitative estimate of drug-likeness (QED) is 0.620. The van der Waals surface area contributed by atoms with E-state index < -0.39 is 0 Å². The van der Waals surface area contributed by atoms with Crippen LogP contribution < -0.4 is 0 Å². The van der Waals surface area contributed by atoms with Crippen LogP contribution in [0, 0.1) is 0 Å². The maximum atomic E-state index is 11.7. The predicted octanol–water partition coefficient (Wildman–Crippen LogP) is 2.74. The summed E-state index contributed by atoms with van der Waals surface area (Å²) in [4.78, 5) is 13.6. The first-order valence-corrected chi connectivity index (χ1v) is 5.53. The average molecular weight is 195 g/mol. The molecule has 2 nitrogen and oxygen atoms in total. The number of carbonyl (C=O) groups is 1. The molecule has 0 bridgehead atoms. The van der Waals surface area contributed by atoms with E-state index in [-0.39, 0.29) is 5.91 Å². The van der Waals surface area contributed by atoms with E-state index in [1.165, 1.54) is 32.1 Å².